The van der Waals surface area contributed by atoms with Crippen molar-refractivity contribution in [2.45, 2.75) is 59.5 Å². The van der Waals surface area contributed by atoms with Crippen molar-refractivity contribution >= 4 is 35.9 Å². The van der Waals surface area contributed by atoms with Gasteiger partial charge in [-0.1, -0.05) is 35.9 Å². The van der Waals surface area contributed by atoms with Crippen molar-refractivity contribution in [2.24, 2.45) is 5.41 Å². The lowest BCUT2D eigenvalue weighted by Crippen LogP contribution is -2.37. The largest absolute Gasteiger partial charge is 0.510 e. The van der Waals surface area contributed by atoms with Crippen molar-refractivity contribution in [2.75, 3.05) is 6.61 Å². The zero-order valence-electron chi connectivity index (χ0n) is 24.3. The van der Waals surface area contributed by atoms with Crippen LogP contribution in [0.1, 0.15) is 70.2 Å². The van der Waals surface area contributed by atoms with E-state index in [0.717, 1.165) is 16.9 Å². The fraction of sp³-hybridized carbons (Fsp3) is 0.367. The van der Waals surface area contributed by atoms with E-state index in [1.165, 1.54) is 31.2 Å². The number of rotatable bonds is 8. The lowest BCUT2D eigenvalue weighted by Gasteiger charge is -2.28. The summed E-state index contributed by atoms with van der Waals surface area (Å²) in [6.07, 6.45) is -3.59. The van der Waals surface area contributed by atoms with Crippen LogP contribution < -0.4 is 0 Å². The molecule has 0 bridgehead atoms. The van der Waals surface area contributed by atoms with Crippen molar-refractivity contribution in [3.8, 4) is 17.3 Å². The van der Waals surface area contributed by atoms with E-state index in [9.17, 15) is 28.0 Å². The Balaban J connectivity index is 1.76. The number of nitrogens with zero attached hydrogens (tertiary/aromatic N) is 4. The van der Waals surface area contributed by atoms with Crippen molar-refractivity contribution in [1.82, 2.24) is 15.0 Å². The highest BCUT2D eigenvalue weighted by Crippen LogP contribution is 2.31. The molecule has 0 aliphatic heterocycles. The number of ether oxygens (including phenoxy) is 3. The molecule has 43 heavy (non-hydrogen) atoms. The minimum Gasteiger partial charge on any atom is -0.459 e. The molecule has 0 N–H and O–H groups in total. The fourth-order valence-electron chi connectivity index (χ4n) is 3.55. The summed E-state index contributed by atoms with van der Waals surface area (Å²) in [4.78, 5) is 25.7. The molecular formula is C30H30ClF3N4O5. The molecule has 0 aliphatic rings. The summed E-state index contributed by atoms with van der Waals surface area (Å²) in [6, 6.07) is 11.5. The number of halogens is 4. The molecule has 13 heteroatoms. The van der Waals surface area contributed by atoms with E-state index in [0.29, 0.717) is 16.7 Å². The van der Waals surface area contributed by atoms with Gasteiger partial charge in [-0.25, -0.2) is 4.79 Å². The molecule has 0 aliphatic carbocycles. The van der Waals surface area contributed by atoms with Gasteiger partial charge in [0, 0.05) is 10.6 Å². The standard InChI is InChI=1S/C30H30ClF3N4O5/c1-18(42-27(40)41-17-29(5,6)26(39)43-28(2,3)4)38-36-24(16-35)25(37-38)21-12-20(14-23(31)15-21)11-10-19-8-7-9-22(13-19)30(32,33)34/h7-15,18H,17H2,1-6H3. The van der Waals surface area contributed by atoms with Crippen molar-refractivity contribution < 1.29 is 37.0 Å². The summed E-state index contributed by atoms with van der Waals surface area (Å²) in [6.45, 7) is 9.43. The second kappa shape index (κ2) is 12.9. The van der Waals surface area contributed by atoms with Crippen LogP contribution in [-0.2, 0) is 25.2 Å². The molecule has 3 aromatic rings. The minimum absolute atomic E-state index is 0.0926. The number of alkyl halides is 3. The molecule has 0 radical (unpaired) electrons. The highest BCUT2D eigenvalue weighted by Gasteiger charge is 2.35. The molecule has 2 aromatic carbocycles. The molecule has 1 aromatic heterocycles. The Hall–Kier alpha value is -4.37. The van der Waals surface area contributed by atoms with Crippen LogP contribution in [-0.4, -0.2) is 39.3 Å². The van der Waals surface area contributed by atoms with Gasteiger partial charge in [0.15, 0.2) is 5.69 Å². The normalized spacial score (nSPS) is 13.0. The molecule has 1 heterocycles. The summed E-state index contributed by atoms with van der Waals surface area (Å²) in [5.41, 5.74) is -1.34. The number of nitriles is 1. The predicted octanol–water partition coefficient (Wildman–Crippen LogP) is 7.70. The van der Waals surface area contributed by atoms with Crippen LogP contribution in [0, 0.1) is 16.7 Å². The van der Waals surface area contributed by atoms with E-state index in [1.54, 1.807) is 52.8 Å². The van der Waals surface area contributed by atoms with Gasteiger partial charge in [-0.15, -0.1) is 15.0 Å². The Kier molecular flexibility index (Phi) is 9.92. The molecule has 0 spiro atoms. The molecule has 1 unspecified atom stereocenters. The summed E-state index contributed by atoms with van der Waals surface area (Å²) >= 11 is 6.29. The quantitative estimate of drug-likeness (QED) is 0.186. The molecule has 0 saturated heterocycles. The summed E-state index contributed by atoms with van der Waals surface area (Å²) in [7, 11) is 0. The molecule has 228 valence electrons. The van der Waals surface area contributed by atoms with Crippen molar-refractivity contribution in [3.63, 3.8) is 0 Å². The fourth-order valence-corrected chi connectivity index (χ4v) is 3.79. The lowest BCUT2D eigenvalue weighted by molar-refractivity contribution is -0.168. The first-order chi connectivity index (χ1) is 19.9. The van der Waals surface area contributed by atoms with Gasteiger partial charge in [-0.2, -0.15) is 18.4 Å². The number of carbonyl (C=O) groups is 2. The Labute approximate surface area is 251 Å². The molecular weight excluding hydrogens is 589 g/mol. The Morgan fingerprint density at radius 2 is 1.72 bits per heavy atom. The summed E-state index contributed by atoms with van der Waals surface area (Å²) < 4.78 is 54.9. The third-order valence-corrected chi connectivity index (χ3v) is 5.92. The first-order valence-corrected chi connectivity index (χ1v) is 13.4. The maximum absolute atomic E-state index is 13.1. The summed E-state index contributed by atoms with van der Waals surface area (Å²) in [5.74, 6) is -0.552. The van der Waals surface area contributed by atoms with Gasteiger partial charge in [0.2, 0.25) is 6.23 Å². The van der Waals surface area contributed by atoms with E-state index >= 15 is 0 Å². The number of hydrogen-bond acceptors (Lipinski definition) is 8. The number of hydrogen-bond donors (Lipinski definition) is 0. The summed E-state index contributed by atoms with van der Waals surface area (Å²) in [5, 5.41) is 18.3. The van der Waals surface area contributed by atoms with Crippen LogP contribution in [0.3, 0.4) is 0 Å². The van der Waals surface area contributed by atoms with E-state index in [4.69, 9.17) is 25.8 Å². The Morgan fingerprint density at radius 3 is 2.35 bits per heavy atom. The van der Waals surface area contributed by atoms with E-state index in [-0.39, 0.29) is 23.0 Å². The van der Waals surface area contributed by atoms with E-state index in [2.05, 4.69) is 10.2 Å². The molecule has 0 amide bonds. The van der Waals surface area contributed by atoms with Gasteiger partial charge in [0.05, 0.1) is 11.0 Å². The maximum Gasteiger partial charge on any atom is 0.510 e. The van der Waals surface area contributed by atoms with Gasteiger partial charge in [-0.05, 0) is 83.0 Å². The van der Waals surface area contributed by atoms with E-state index < -0.39 is 41.1 Å². The topological polar surface area (TPSA) is 116 Å². The second-order valence-electron chi connectivity index (χ2n) is 11.2. The predicted molar refractivity (Wildman–Crippen MR) is 152 cm³/mol. The number of aromatic nitrogens is 3. The molecule has 9 nitrogen and oxygen atoms in total. The molecule has 3 rings (SSSR count). The van der Waals surface area contributed by atoms with Crippen LogP contribution in [0.4, 0.5) is 18.0 Å². The monoisotopic (exact) mass is 618 g/mol. The zero-order chi connectivity index (χ0) is 32.2. The van der Waals surface area contributed by atoms with Crippen LogP contribution in [0.25, 0.3) is 23.4 Å². The smallest absolute Gasteiger partial charge is 0.459 e. The second-order valence-corrected chi connectivity index (χ2v) is 11.6. The van der Waals surface area contributed by atoms with Gasteiger partial charge in [0.1, 0.15) is 24.0 Å². The van der Waals surface area contributed by atoms with Crippen molar-refractivity contribution in [1.29, 1.82) is 5.26 Å². The SMILES string of the molecule is CC(OC(=O)OCC(C)(C)C(=O)OC(C)(C)C)n1nc(C#N)c(-c2cc(Cl)cc(C=Cc3cccc(C(F)(F)F)c3)c2)n1. The van der Waals surface area contributed by atoms with Crippen LogP contribution in [0.15, 0.2) is 42.5 Å². The first-order valence-electron chi connectivity index (χ1n) is 13.0. The third kappa shape index (κ3) is 9.31. The van der Waals surface area contributed by atoms with Gasteiger partial charge < -0.3 is 14.2 Å². The number of benzene rings is 2. The highest BCUT2D eigenvalue weighted by atomic mass is 35.5. The van der Waals surface area contributed by atoms with Gasteiger partial charge in [-0.3, -0.25) is 4.79 Å². The minimum atomic E-state index is -4.47. The average Bonchev–Trinajstić information content (AvgIpc) is 3.34. The molecule has 1 atom stereocenters. The van der Waals surface area contributed by atoms with Gasteiger partial charge >= 0.3 is 18.3 Å². The van der Waals surface area contributed by atoms with Crippen LogP contribution in [0.2, 0.25) is 5.02 Å². The zero-order valence-corrected chi connectivity index (χ0v) is 25.1. The maximum atomic E-state index is 13.1. The molecule has 0 saturated carbocycles. The number of esters is 1. The van der Waals surface area contributed by atoms with Gasteiger partial charge in [0.25, 0.3) is 0 Å². The van der Waals surface area contributed by atoms with Crippen LogP contribution >= 0.6 is 11.6 Å². The van der Waals surface area contributed by atoms with Crippen molar-refractivity contribution in [3.05, 3.63) is 69.9 Å². The third-order valence-electron chi connectivity index (χ3n) is 5.71. The Morgan fingerprint density at radius 1 is 1.05 bits per heavy atom. The first kappa shape index (κ1) is 33.1. The van der Waals surface area contributed by atoms with E-state index in [1.807, 2.05) is 6.07 Å². The Bertz CT molecular complexity index is 1570. The lowest BCUT2D eigenvalue weighted by atomic mass is 9.95. The molecule has 0 fully saturated rings. The highest BCUT2D eigenvalue weighted by molar-refractivity contribution is 6.31. The average molecular weight is 619 g/mol. The van der Waals surface area contributed by atoms with Crippen LogP contribution in [0.5, 0.6) is 0 Å². The number of carbonyl (C=O) groups excluding carboxylic acids is 2.